The van der Waals surface area contributed by atoms with Crippen molar-refractivity contribution in [3.05, 3.63) is 65.2 Å². The van der Waals surface area contributed by atoms with Gasteiger partial charge in [-0.1, -0.05) is 54.2 Å². The van der Waals surface area contributed by atoms with Gasteiger partial charge in [-0.15, -0.1) is 5.10 Å². The van der Waals surface area contributed by atoms with Crippen molar-refractivity contribution < 1.29 is 5.11 Å². The van der Waals surface area contributed by atoms with Crippen molar-refractivity contribution in [3.8, 4) is 5.75 Å². The van der Waals surface area contributed by atoms with Crippen LogP contribution >= 0.6 is 11.8 Å². The van der Waals surface area contributed by atoms with Gasteiger partial charge in [0.15, 0.2) is 5.17 Å². The molecule has 2 aromatic rings. The Hall–Kier alpha value is -2.27. The van der Waals surface area contributed by atoms with E-state index in [2.05, 4.69) is 10.2 Å². The molecule has 108 valence electrons. The Balaban J connectivity index is 1.90. The summed E-state index contributed by atoms with van der Waals surface area (Å²) in [5.41, 5.74) is 8.59. The van der Waals surface area contributed by atoms with Crippen molar-refractivity contribution in [1.29, 1.82) is 0 Å². The normalized spacial score (nSPS) is 12.0. The first-order valence-corrected chi connectivity index (χ1v) is 7.46. The van der Waals surface area contributed by atoms with E-state index in [0.717, 1.165) is 16.9 Å². The fourth-order valence-electron chi connectivity index (χ4n) is 1.62. The molecule has 4 nitrogen and oxygen atoms in total. The number of nitrogens with two attached hydrogens (primary N) is 1. The molecular weight excluding hydrogens is 282 g/mol. The number of hydrogen-bond donors (Lipinski definition) is 2. The van der Waals surface area contributed by atoms with E-state index in [1.807, 2.05) is 49.4 Å². The van der Waals surface area contributed by atoms with E-state index in [-0.39, 0.29) is 5.75 Å². The van der Waals surface area contributed by atoms with Crippen LogP contribution < -0.4 is 5.73 Å². The molecule has 0 radical (unpaired) electrons. The molecule has 0 spiro atoms. The summed E-state index contributed by atoms with van der Waals surface area (Å²) in [5.74, 6) is 1.01. The van der Waals surface area contributed by atoms with Crippen LogP contribution in [0.25, 0.3) is 0 Å². The molecule has 2 rings (SSSR count). The van der Waals surface area contributed by atoms with Crippen molar-refractivity contribution in [2.45, 2.75) is 12.7 Å². The van der Waals surface area contributed by atoms with Crippen LogP contribution in [0.4, 0.5) is 0 Å². The van der Waals surface area contributed by atoms with Gasteiger partial charge in [-0.25, -0.2) is 0 Å². The standard InChI is InChI=1S/C16H17N3OS/c1-12-7-8-14(9-15(12)20)10-18-19-16(17)21-11-13-5-3-2-4-6-13/h2-10,20H,11H2,1H3,(H2,17,19). The number of nitrogens with zero attached hydrogens (tertiary/aromatic N) is 2. The molecule has 2 aromatic carbocycles. The molecular formula is C16H17N3OS. The number of hydrogen-bond acceptors (Lipinski definition) is 4. The number of aromatic hydroxyl groups is 1. The van der Waals surface area contributed by atoms with Crippen LogP contribution in [0.2, 0.25) is 0 Å². The zero-order valence-electron chi connectivity index (χ0n) is 11.7. The molecule has 0 atom stereocenters. The molecule has 0 heterocycles. The van der Waals surface area contributed by atoms with Gasteiger partial charge in [-0.3, -0.25) is 0 Å². The molecule has 0 aliphatic carbocycles. The number of amidine groups is 1. The van der Waals surface area contributed by atoms with Gasteiger partial charge in [-0.2, -0.15) is 5.10 Å². The Morgan fingerprint density at radius 1 is 1.24 bits per heavy atom. The first-order valence-electron chi connectivity index (χ1n) is 6.48. The topological polar surface area (TPSA) is 71.0 Å². The third kappa shape index (κ3) is 4.96. The summed E-state index contributed by atoms with van der Waals surface area (Å²) in [4.78, 5) is 0. The van der Waals surface area contributed by atoms with Gasteiger partial charge in [0.05, 0.1) is 6.21 Å². The van der Waals surface area contributed by atoms with E-state index in [9.17, 15) is 5.11 Å². The zero-order valence-corrected chi connectivity index (χ0v) is 12.5. The van der Waals surface area contributed by atoms with Crippen LogP contribution in [0, 0.1) is 6.92 Å². The molecule has 21 heavy (non-hydrogen) atoms. The molecule has 3 N–H and O–H groups in total. The highest BCUT2D eigenvalue weighted by molar-refractivity contribution is 8.13. The number of aryl methyl sites for hydroxylation is 1. The summed E-state index contributed by atoms with van der Waals surface area (Å²) in [7, 11) is 0. The van der Waals surface area contributed by atoms with Gasteiger partial charge in [0, 0.05) is 5.75 Å². The van der Waals surface area contributed by atoms with E-state index in [1.54, 1.807) is 12.3 Å². The second-order valence-electron chi connectivity index (χ2n) is 4.50. The molecule has 0 unspecified atom stereocenters. The summed E-state index contributed by atoms with van der Waals surface area (Å²) in [6, 6.07) is 15.4. The monoisotopic (exact) mass is 299 g/mol. The summed E-state index contributed by atoms with van der Waals surface area (Å²) in [6.07, 6.45) is 1.56. The SMILES string of the molecule is Cc1ccc(C=NN=C(N)SCc2ccccc2)cc1O. The maximum Gasteiger partial charge on any atom is 0.180 e. The van der Waals surface area contributed by atoms with Gasteiger partial charge >= 0.3 is 0 Å². The van der Waals surface area contributed by atoms with E-state index in [1.165, 1.54) is 17.3 Å². The van der Waals surface area contributed by atoms with Crippen molar-refractivity contribution in [1.82, 2.24) is 0 Å². The number of rotatable bonds is 4. The third-order valence-corrected chi connectivity index (χ3v) is 3.68. The highest BCUT2D eigenvalue weighted by atomic mass is 32.2. The van der Waals surface area contributed by atoms with Crippen LogP contribution in [0.1, 0.15) is 16.7 Å². The maximum absolute atomic E-state index is 9.59. The van der Waals surface area contributed by atoms with Gasteiger partial charge in [0.2, 0.25) is 0 Å². The van der Waals surface area contributed by atoms with Crippen LogP contribution in [0.5, 0.6) is 5.75 Å². The smallest absolute Gasteiger partial charge is 0.180 e. The van der Waals surface area contributed by atoms with E-state index >= 15 is 0 Å². The van der Waals surface area contributed by atoms with Crippen molar-refractivity contribution in [2.24, 2.45) is 15.9 Å². The lowest BCUT2D eigenvalue weighted by molar-refractivity contribution is 0.471. The summed E-state index contributed by atoms with van der Waals surface area (Å²) in [5, 5.41) is 17.9. The van der Waals surface area contributed by atoms with Crippen molar-refractivity contribution in [3.63, 3.8) is 0 Å². The minimum atomic E-state index is 0.245. The molecule has 0 bridgehead atoms. The van der Waals surface area contributed by atoms with Crippen molar-refractivity contribution >= 4 is 23.1 Å². The number of phenols is 1. The minimum absolute atomic E-state index is 0.245. The highest BCUT2D eigenvalue weighted by Gasteiger charge is 1.97. The van der Waals surface area contributed by atoms with E-state index in [0.29, 0.717) is 5.17 Å². The summed E-state index contributed by atoms with van der Waals surface area (Å²) >= 11 is 1.43. The Morgan fingerprint density at radius 3 is 2.71 bits per heavy atom. The number of phenolic OH excluding ortho intramolecular Hbond substituents is 1. The molecule has 0 saturated carbocycles. The molecule has 0 saturated heterocycles. The van der Waals surface area contributed by atoms with Gasteiger partial charge in [-0.05, 0) is 29.7 Å². The second-order valence-corrected chi connectivity index (χ2v) is 5.50. The third-order valence-electron chi connectivity index (χ3n) is 2.83. The molecule has 0 fully saturated rings. The Kier molecular flexibility index (Phi) is 5.40. The number of thioether (sulfide) groups is 1. The summed E-state index contributed by atoms with van der Waals surface area (Å²) in [6.45, 7) is 1.84. The average molecular weight is 299 g/mol. The van der Waals surface area contributed by atoms with Crippen LogP contribution in [0.15, 0.2) is 58.7 Å². The largest absolute Gasteiger partial charge is 0.508 e. The Bertz CT molecular complexity index is 654. The van der Waals surface area contributed by atoms with Crippen LogP contribution in [-0.4, -0.2) is 16.5 Å². The van der Waals surface area contributed by atoms with Crippen molar-refractivity contribution in [2.75, 3.05) is 0 Å². The molecule has 0 aromatic heterocycles. The van der Waals surface area contributed by atoms with Gasteiger partial charge in [0.25, 0.3) is 0 Å². The average Bonchev–Trinajstić information content (AvgIpc) is 2.50. The Morgan fingerprint density at radius 2 is 2.00 bits per heavy atom. The summed E-state index contributed by atoms with van der Waals surface area (Å²) < 4.78 is 0. The number of benzene rings is 2. The lowest BCUT2D eigenvalue weighted by Crippen LogP contribution is -2.05. The van der Waals surface area contributed by atoms with Gasteiger partial charge in [0.1, 0.15) is 5.75 Å². The van der Waals surface area contributed by atoms with Gasteiger partial charge < -0.3 is 10.8 Å². The quantitative estimate of drug-likeness (QED) is 0.517. The molecule has 0 aliphatic rings. The fraction of sp³-hybridized carbons (Fsp3) is 0.125. The zero-order chi connectivity index (χ0) is 15.1. The minimum Gasteiger partial charge on any atom is -0.508 e. The van der Waals surface area contributed by atoms with Crippen LogP contribution in [0.3, 0.4) is 0 Å². The second kappa shape index (κ2) is 7.50. The lowest BCUT2D eigenvalue weighted by Gasteiger charge is -2.00. The lowest BCUT2D eigenvalue weighted by atomic mass is 10.1. The van der Waals surface area contributed by atoms with Crippen LogP contribution in [-0.2, 0) is 5.75 Å². The predicted molar refractivity (Wildman–Crippen MR) is 89.8 cm³/mol. The molecule has 0 aliphatic heterocycles. The highest BCUT2D eigenvalue weighted by Crippen LogP contribution is 2.16. The van der Waals surface area contributed by atoms with E-state index < -0.39 is 0 Å². The predicted octanol–water partition coefficient (Wildman–Crippen LogP) is 3.28. The molecule has 5 heteroatoms. The molecule has 0 amide bonds. The maximum atomic E-state index is 9.59. The first kappa shape index (κ1) is 15.1. The van der Waals surface area contributed by atoms with E-state index in [4.69, 9.17) is 5.73 Å². The first-order chi connectivity index (χ1) is 10.1. The Labute approximate surface area is 128 Å². The fourth-order valence-corrected chi connectivity index (χ4v) is 2.23.